The van der Waals surface area contributed by atoms with Crippen molar-refractivity contribution in [2.75, 3.05) is 6.54 Å². The van der Waals surface area contributed by atoms with Crippen LogP contribution in [0.1, 0.15) is 49.9 Å². The monoisotopic (exact) mass is 579 g/mol. The van der Waals surface area contributed by atoms with E-state index in [4.69, 9.17) is 13.8 Å². The topological polar surface area (TPSA) is 106 Å². The molecule has 3 aromatic heterocycles. The van der Waals surface area contributed by atoms with Gasteiger partial charge < -0.3 is 13.7 Å². The minimum atomic E-state index is -4.04. The summed E-state index contributed by atoms with van der Waals surface area (Å²) in [5.74, 6) is 0.168. The van der Waals surface area contributed by atoms with E-state index >= 15 is 0 Å². The van der Waals surface area contributed by atoms with Crippen LogP contribution in [-0.2, 0) is 27.8 Å². The minimum absolute atomic E-state index is 0.0703. The first-order chi connectivity index (χ1) is 19.1. The van der Waals surface area contributed by atoms with Gasteiger partial charge in [0.2, 0.25) is 15.9 Å². The second kappa shape index (κ2) is 11.6. The SMILES string of the molecule is CC(C)CN(Cc1csc(C(C)C)n1)C(=O)[C@@H](Cc1ccc2occc2c1)NS(=O)(=O)c1ccc2occc2c1. The second-order valence-corrected chi connectivity index (χ2v) is 13.3. The predicted molar refractivity (Wildman–Crippen MR) is 157 cm³/mol. The van der Waals surface area contributed by atoms with E-state index in [1.54, 1.807) is 40.7 Å². The lowest BCUT2D eigenvalue weighted by Crippen LogP contribution is -2.50. The number of rotatable bonds is 11. The largest absolute Gasteiger partial charge is 0.464 e. The Kier molecular flexibility index (Phi) is 8.11. The first kappa shape index (κ1) is 28.1. The number of nitrogens with zero attached hydrogens (tertiary/aromatic N) is 2. The van der Waals surface area contributed by atoms with Gasteiger partial charge in [0, 0.05) is 28.6 Å². The Labute approximate surface area is 238 Å². The highest BCUT2D eigenvalue weighted by Crippen LogP contribution is 2.24. The van der Waals surface area contributed by atoms with E-state index in [1.165, 1.54) is 12.3 Å². The first-order valence-corrected chi connectivity index (χ1v) is 15.6. The number of thiazole rings is 1. The molecule has 5 aromatic rings. The summed E-state index contributed by atoms with van der Waals surface area (Å²) >= 11 is 1.57. The number of carbonyl (C=O) groups excluding carboxylic acids is 1. The zero-order valence-corrected chi connectivity index (χ0v) is 24.6. The number of sulfonamides is 1. The van der Waals surface area contributed by atoms with E-state index in [1.807, 2.05) is 43.5 Å². The summed E-state index contributed by atoms with van der Waals surface area (Å²) in [6.07, 6.45) is 3.30. The molecule has 0 aliphatic heterocycles. The van der Waals surface area contributed by atoms with E-state index in [2.05, 4.69) is 18.6 Å². The van der Waals surface area contributed by atoms with Crippen LogP contribution in [0.4, 0.5) is 0 Å². The van der Waals surface area contributed by atoms with Crippen molar-refractivity contribution in [1.82, 2.24) is 14.6 Å². The van der Waals surface area contributed by atoms with Crippen molar-refractivity contribution in [3.05, 3.63) is 82.7 Å². The van der Waals surface area contributed by atoms with Gasteiger partial charge in [-0.15, -0.1) is 11.3 Å². The maximum absolute atomic E-state index is 14.2. The summed E-state index contributed by atoms with van der Waals surface area (Å²) < 4.78 is 40.8. The van der Waals surface area contributed by atoms with Crippen LogP contribution in [0.2, 0.25) is 0 Å². The highest BCUT2D eigenvalue weighted by atomic mass is 32.2. The first-order valence-electron chi connectivity index (χ1n) is 13.3. The van der Waals surface area contributed by atoms with Crippen LogP contribution in [0.5, 0.6) is 0 Å². The highest BCUT2D eigenvalue weighted by molar-refractivity contribution is 7.89. The molecule has 10 heteroatoms. The van der Waals surface area contributed by atoms with Gasteiger partial charge in [-0.25, -0.2) is 13.4 Å². The molecule has 1 atom stereocenters. The van der Waals surface area contributed by atoms with Gasteiger partial charge in [-0.3, -0.25) is 4.79 Å². The zero-order chi connectivity index (χ0) is 28.4. The van der Waals surface area contributed by atoms with Crippen molar-refractivity contribution in [1.29, 1.82) is 0 Å². The molecule has 1 amide bonds. The molecule has 0 aliphatic carbocycles. The average Bonchev–Trinajstić information content (AvgIpc) is 3.67. The molecule has 0 aliphatic rings. The Morgan fingerprint density at radius 2 is 1.65 bits per heavy atom. The van der Waals surface area contributed by atoms with E-state index in [0.717, 1.165) is 27.2 Å². The maximum Gasteiger partial charge on any atom is 0.241 e. The standard InChI is InChI=1S/C30H33N3O5S2/c1-19(2)16-33(17-24-18-39-29(31-24)20(3)4)30(34)26(14-21-5-7-27-22(13-21)9-11-37-27)32-40(35,36)25-6-8-28-23(15-25)10-12-38-28/h5-13,15,18-20,26,32H,14,16-17H2,1-4H3/t26-/m1/s1. The van der Waals surface area contributed by atoms with Crippen molar-refractivity contribution in [3.63, 3.8) is 0 Å². The van der Waals surface area contributed by atoms with Crippen molar-refractivity contribution in [2.45, 2.75) is 57.5 Å². The molecule has 3 heterocycles. The van der Waals surface area contributed by atoms with Crippen molar-refractivity contribution in [2.24, 2.45) is 5.92 Å². The molecule has 1 N–H and O–H groups in total. The lowest BCUT2D eigenvalue weighted by molar-refractivity contribution is -0.134. The van der Waals surface area contributed by atoms with Crippen LogP contribution < -0.4 is 4.72 Å². The van der Waals surface area contributed by atoms with Gasteiger partial charge in [0.25, 0.3) is 0 Å². The van der Waals surface area contributed by atoms with Gasteiger partial charge in [0.05, 0.1) is 34.7 Å². The zero-order valence-electron chi connectivity index (χ0n) is 23.0. The number of benzene rings is 2. The fourth-order valence-electron chi connectivity index (χ4n) is 4.67. The molecular formula is C30H33N3O5S2. The second-order valence-electron chi connectivity index (χ2n) is 10.7. The van der Waals surface area contributed by atoms with E-state index in [9.17, 15) is 13.2 Å². The van der Waals surface area contributed by atoms with E-state index in [0.29, 0.717) is 24.1 Å². The Hall–Kier alpha value is -3.47. The summed E-state index contributed by atoms with van der Waals surface area (Å²) in [7, 11) is -4.04. The van der Waals surface area contributed by atoms with Crippen molar-refractivity contribution >= 4 is 49.2 Å². The normalized spacial score (nSPS) is 13.1. The number of furan rings is 2. The quantitative estimate of drug-likeness (QED) is 0.196. The maximum atomic E-state index is 14.2. The Morgan fingerprint density at radius 1 is 0.975 bits per heavy atom. The van der Waals surface area contributed by atoms with E-state index in [-0.39, 0.29) is 29.1 Å². The van der Waals surface area contributed by atoms with Crippen molar-refractivity contribution < 1.29 is 22.0 Å². The van der Waals surface area contributed by atoms with Gasteiger partial charge in [-0.1, -0.05) is 33.8 Å². The molecule has 0 saturated carbocycles. The Balaban J connectivity index is 1.48. The number of fused-ring (bicyclic) bond motifs is 2. The van der Waals surface area contributed by atoms with Crippen LogP contribution in [0, 0.1) is 5.92 Å². The fourth-order valence-corrected chi connectivity index (χ4v) is 6.73. The fraction of sp³-hybridized carbons (Fsp3) is 0.333. The molecule has 0 spiro atoms. The number of hydrogen-bond acceptors (Lipinski definition) is 7. The molecule has 210 valence electrons. The summed E-state index contributed by atoms with van der Waals surface area (Å²) in [5, 5.41) is 4.54. The van der Waals surface area contributed by atoms with Crippen LogP contribution >= 0.6 is 11.3 Å². The van der Waals surface area contributed by atoms with Gasteiger partial charge in [-0.05, 0) is 60.4 Å². The summed E-state index contributed by atoms with van der Waals surface area (Å²) in [5.41, 5.74) is 2.94. The highest BCUT2D eigenvalue weighted by Gasteiger charge is 2.31. The molecule has 0 unspecified atom stereocenters. The molecule has 0 saturated heterocycles. The number of nitrogens with one attached hydrogen (secondary N) is 1. The molecular weight excluding hydrogens is 546 g/mol. The molecule has 40 heavy (non-hydrogen) atoms. The van der Waals surface area contributed by atoms with Gasteiger partial charge in [-0.2, -0.15) is 4.72 Å². The van der Waals surface area contributed by atoms with Gasteiger partial charge >= 0.3 is 0 Å². The van der Waals surface area contributed by atoms with Crippen LogP contribution in [0.15, 0.2) is 80.2 Å². The van der Waals surface area contributed by atoms with Gasteiger partial charge in [0.1, 0.15) is 17.2 Å². The number of amides is 1. The predicted octanol–water partition coefficient (Wildman–Crippen LogP) is 6.33. The van der Waals surface area contributed by atoms with Crippen LogP contribution in [-0.4, -0.2) is 36.8 Å². The smallest absolute Gasteiger partial charge is 0.241 e. The molecule has 0 bridgehead atoms. The number of aromatic nitrogens is 1. The number of carbonyl (C=O) groups is 1. The average molecular weight is 580 g/mol. The van der Waals surface area contributed by atoms with Crippen LogP contribution in [0.25, 0.3) is 21.9 Å². The summed E-state index contributed by atoms with van der Waals surface area (Å²) in [4.78, 5) is 20.7. The third-order valence-corrected chi connectivity index (χ3v) is 9.26. The molecule has 5 rings (SSSR count). The number of hydrogen-bond donors (Lipinski definition) is 1. The third-order valence-electron chi connectivity index (χ3n) is 6.60. The van der Waals surface area contributed by atoms with Crippen LogP contribution in [0.3, 0.4) is 0 Å². The summed E-state index contributed by atoms with van der Waals surface area (Å²) in [6, 6.07) is 12.8. The van der Waals surface area contributed by atoms with E-state index < -0.39 is 16.1 Å². The molecule has 0 fully saturated rings. The third kappa shape index (κ3) is 6.29. The lowest BCUT2D eigenvalue weighted by Gasteiger charge is -2.29. The Bertz CT molecular complexity index is 1730. The molecule has 2 aromatic carbocycles. The minimum Gasteiger partial charge on any atom is -0.464 e. The van der Waals surface area contributed by atoms with Crippen molar-refractivity contribution in [3.8, 4) is 0 Å². The molecule has 8 nitrogen and oxygen atoms in total. The summed E-state index contributed by atoms with van der Waals surface area (Å²) in [6.45, 7) is 9.01. The lowest BCUT2D eigenvalue weighted by atomic mass is 10.0. The molecule has 0 radical (unpaired) electrons. The van der Waals surface area contributed by atoms with Gasteiger partial charge in [0.15, 0.2) is 0 Å². The Morgan fingerprint density at radius 3 is 2.30 bits per heavy atom.